The maximum atomic E-state index is 11.8. The van der Waals surface area contributed by atoms with Crippen molar-refractivity contribution in [1.82, 2.24) is 10.0 Å². The number of aromatic nitrogens is 1. The van der Waals surface area contributed by atoms with E-state index in [2.05, 4.69) is 10.3 Å². The Morgan fingerprint density at radius 2 is 2.20 bits per heavy atom. The molecule has 1 aromatic rings. The smallest absolute Gasteiger partial charge is 0.409 e. The molecule has 112 valence electrons. The molecule has 1 rings (SSSR count). The third-order valence-corrected chi connectivity index (χ3v) is 2.35. The van der Waals surface area contributed by atoms with E-state index in [-0.39, 0.29) is 0 Å². The van der Waals surface area contributed by atoms with E-state index < -0.39 is 17.9 Å². The first kappa shape index (κ1) is 16.1. The minimum Gasteiger partial charge on any atom is -0.444 e. The fourth-order valence-electron chi connectivity index (χ4n) is 1.57. The van der Waals surface area contributed by atoms with Gasteiger partial charge in [-0.3, -0.25) is 5.32 Å². The molecule has 0 bridgehead atoms. The van der Waals surface area contributed by atoms with E-state index in [4.69, 9.17) is 4.74 Å². The summed E-state index contributed by atoms with van der Waals surface area (Å²) >= 11 is 0. The van der Waals surface area contributed by atoms with Crippen LogP contribution in [0.15, 0.2) is 29.4 Å². The van der Waals surface area contributed by atoms with Crippen molar-refractivity contribution in [2.24, 2.45) is 4.99 Å². The van der Waals surface area contributed by atoms with Crippen molar-refractivity contribution in [3.8, 4) is 0 Å². The highest BCUT2D eigenvalue weighted by Crippen LogP contribution is 2.07. The SMILES string of the molecule is CCCC(/N=c1\ccccn1O)NC(=O)OC(C)(C)C. The minimum absolute atomic E-state index is 0.377. The average Bonchev–Trinajstić information content (AvgIpc) is 2.29. The van der Waals surface area contributed by atoms with Crippen LogP contribution in [0.5, 0.6) is 0 Å². The first-order chi connectivity index (χ1) is 9.31. The molecule has 0 aliphatic heterocycles. The number of carbonyl (C=O) groups is 1. The normalized spacial score (nSPS) is 13.9. The molecule has 0 aliphatic rings. The molecule has 1 amide bonds. The fourth-order valence-corrected chi connectivity index (χ4v) is 1.57. The molecule has 0 fully saturated rings. The molecule has 20 heavy (non-hydrogen) atoms. The highest BCUT2D eigenvalue weighted by molar-refractivity contribution is 5.68. The summed E-state index contributed by atoms with van der Waals surface area (Å²) < 4.78 is 6.12. The Balaban J connectivity index is 2.83. The maximum absolute atomic E-state index is 11.8. The van der Waals surface area contributed by atoms with E-state index in [0.29, 0.717) is 11.9 Å². The van der Waals surface area contributed by atoms with Crippen molar-refractivity contribution in [3.63, 3.8) is 0 Å². The van der Waals surface area contributed by atoms with Crippen LogP contribution in [0, 0.1) is 0 Å². The fraction of sp³-hybridized carbons (Fsp3) is 0.571. The van der Waals surface area contributed by atoms with Crippen LogP contribution in [-0.2, 0) is 4.74 Å². The van der Waals surface area contributed by atoms with Gasteiger partial charge in [-0.1, -0.05) is 19.4 Å². The summed E-state index contributed by atoms with van der Waals surface area (Å²) in [7, 11) is 0. The summed E-state index contributed by atoms with van der Waals surface area (Å²) in [6.45, 7) is 7.41. The molecule has 0 spiro atoms. The zero-order valence-corrected chi connectivity index (χ0v) is 12.5. The van der Waals surface area contributed by atoms with Gasteiger partial charge in [0.05, 0.1) is 0 Å². The second-order valence-corrected chi connectivity index (χ2v) is 5.48. The Bertz CT molecular complexity index is 503. The van der Waals surface area contributed by atoms with Gasteiger partial charge in [-0.15, -0.1) is 0 Å². The number of nitrogens with one attached hydrogen (secondary N) is 1. The van der Waals surface area contributed by atoms with Crippen molar-refractivity contribution >= 4 is 6.09 Å². The van der Waals surface area contributed by atoms with E-state index in [0.717, 1.165) is 11.2 Å². The monoisotopic (exact) mass is 281 g/mol. The number of hydrogen-bond acceptors (Lipinski definition) is 4. The second kappa shape index (κ2) is 6.98. The van der Waals surface area contributed by atoms with E-state index in [1.807, 2.05) is 6.92 Å². The molecular weight excluding hydrogens is 258 g/mol. The summed E-state index contributed by atoms with van der Waals surface area (Å²) in [4.78, 5) is 16.1. The summed E-state index contributed by atoms with van der Waals surface area (Å²) in [5, 5.41) is 12.3. The van der Waals surface area contributed by atoms with Crippen LogP contribution in [0.4, 0.5) is 4.79 Å². The van der Waals surface area contributed by atoms with Crippen LogP contribution < -0.4 is 10.8 Å². The van der Waals surface area contributed by atoms with Gasteiger partial charge in [0.1, 0.15) is 11.8 Å². The van der Waals surface area contributed by atoms with E-state index >= 15 is 0 Å². The molecule has 6 nitrogen and oxygen atoms in total. The van der Waals surface area contributed by atoms with Gasteiger partial charge >= 0.3 is 6.09 Å². The van der Waals surface area contributed by atoms with Crippen molar-refractivity contribution < 1.29 is 14.7 Å². The highest BCUT2D eigenvalue weighted by atomic mass is 16.6. The summed E-state index contributed by atoms with van der Waals surface area (Å²) in [6, 6.07) is 5.12. The number of pyridine rings is 1. The molecule has 0 saturated carbocycles. The molecule has 1 aromatic heterocycles. The van der Waals surface area contributed by atoms with Crippen molar-refractivity contribution in [3.05, 3.63) is 29.9 Å². The van der Waals surface area contributed by atoms with Gasteiger partial charge in [0.25, 0.3) is 0 Å². The molecule has 0 radical (unpaired) electrons. The quantitative estimate of drug-likeness (QED) is 0.831. The second-order valence-electron chi connectivity index (χ2n) is 5.48. The van der Waals surface area contributed by atoms with Gasteiger partial charge in [0.2, 0.25) is 0 Å². The van der Waals surface area contributed by atoms with E-state index in [1.165, 1.54) is 6.20 Å². The number of nitrogens with zero attached hydrogens (tertiary/aromatic N) is 2. The Kier molecular flexibility index (Phi) is 5.61. The molecule has 6 heteroatoms. The van der Waals surface area contributed by atoms with Gasteiger partial charge in [0.15, 0.2) is 5.49 Å². The summed E-state index contributed by atoms with van der Waals surface area (Å²) in [6.07, 6.45) is 2.04. The lowest BCUT2D eigenvalue weighted by atomic mass is 10.2. The topological polar surface area (TPSA) is 75.9 Å². The van der Waals surface area contributed by atoms with Gasteiger partial charge in [-0.25, -0.2) is 9.79 Å². The van der Waals surface area contributed by atoms with Crippen LogP contribution >= 0.6 is 0 Å². The zero-order valence-electron chi connectivity index (χ0n) is 12.5. The predicted molar refractivity (Wildman–Crippen MR) is 75.2 cm³/mol. The molecule has 2 N–H and O–H groups in total. The van der Waals surface area contributed by atoms with Crippen molar-refractivity contribution in [2.45, 2.75) is 52.3 Å². The first-order valence-corrected chi connectivity index (χ1v) is 6.72. The average molecular weight is 281 g/mol. The summed E-state index contributed by atoms with van der Waals surface area (Å²) in [5.41, 5.74) is -0.174. The number of rotatable bonds is 4. The Hall–Kier alpha value is -1.98. The Morgan fingerprint density at radius 3 is 2.75 bits per heavy atom. The zero-order chi connectivity index (χ0) is 15.2. The highest BCUT2D eigenvalue weighted by Gasteiger charge is 2.18. The number of ether oxygens (including phenoxy) is 1. The molecule has 1 unspecified atom stereocenters. The number of carbonyl (C=O) groups excluding carboxylic acids is 1. The third-order valence-electron chi connectivity index (χ3n) is 2.35. The van der Waals surface area contributed by atoms with Crippen molar-refractivity contribution in [1.29, 1.82) is 0 Å². The minimum atomic E-state index is -0.551. The molecule has 1 atom stereocenters. The van der Waals surface area contributed by atoms with Crippen LogP contribution in [-0.4, -0.2) is 27.8 Å². The molecule has 0 saturated heterocycles. The lowest BCUT2D eigenvalue weighted by Gasteiger charge is -2.21. The number of amides is 1. The maximum Gasteiger partial charge on any atom is 0.409 e. The van der Waals surface area contributed by atoms with Gasteiger partial charge < -0.3 is 9.94 Å². The van der Waals surface area contributed by atoms with E-state index in [9.17, 15) is 10.0 Å². The van der Waals surface area contributed by atoms with Crippen LogP contribution in [0.25, 0.3) is 0 Å². The molecule has 0 aromatic carbocycles. The van der Waals surface area contributed by atoms with Gasteiger partial charge in [-0.05, 0) is 39.3 Å². The van der Waals surface area contributed by atoms with Gasteiger partial charge in [-0.2, -0.15) is 4.73 Å². The largest absolute Gasteiger partial charge is 0.444 e. The molecule has 1 heterocycles. The van der Waals surface area contributed by atoms with Gasteiger partial charge in [0, 0.05) is 6.20 Å². The third kappa shape index (κ3) is 5.77. The van der Waals surface area contributed by atoms with Crippen LogP contribution in [0.2, 0.25) is 0 Å². The summed E-state index contributed by atoms with van der Waals surface area (Å²) in [5.74, 6) is 0. The lowest BCUT2D eigenvalue weighted by Crippen LogP contribution is -2.39. The number of hydrogen-bond donors (Lipinski definition) is 2. The van der Waals surface area contributed by atoms with E-state index in [1.54, 1.807) is 39.0 Å². The number of alkyl carbamates (subject to hydrolysis) is 1. The molecular formula is C14H23N3O3. The Labute approximate surface area is 119 Å². The lowest BCUT2D eigenvalue weighted by molar-refractivity contribution is 0.0501. The standard InChI is InChI=1S/C14H23N3O3/c1-5-8-11(16-13(18)20-14(2,3)4)15-12-9-6-7-10-17(12)19/h6-7,9-11,19H,5,8H2,1-4H3,(H,16,18)/b15-12+. The first-order valence-electron chi connectivity index (χ1n) is 6.72. The van der Waals surface area contributed by atoms with Crippen LogP contribution in [0.3, 0.4) is 0 Å². The predicted octanol–water partition coefficient (Wildman–Crippen LogP) is 2.28. The van der Waals surface area contributed by atoms with Crippen molar-refractivity contribution in [2.75, 3.05) is 0 Å². The molecule has 0 aliphatic carbocycles. The van der Waals surface area contributed by atoms with Crippen LogP contribution in [0.1, 0.15) is 40.5 Å². The Morgan fingerprint density at radius 1 is 1.50 bits per heavy atom.